The van der Waals surface area contributed by atoms with Gasteiger partial charge in [-0.15, -0.1) is 0 Å². The fourth-order valence-corrected chi connectivity index (χ4v) is 8.56. The maximum absolute atomic E-state index is 6.55. The van der Waals surface area contributed by atoms with Gasteiger partial charge in [0.2, 0.25) is 0 Å². The summed E-state index contributed by atoms with van der Waals surface area (Å²) in [4.78, 5) is 0. The maximum Gasteiger partial charge on any atom is 0.139 e. The van der Waals surface area contributed by atoms with Crippen LogP contribution in [-0.2, 0) is 0 Å². The van der Waals surface area contributed by atoms with Crippen molar-refractivity contribution in [3.05, 3.63) is 170 Å². The summed E-state index contributed by atoms with van der Waals surface area (Å²) < 4.78 is 17.7. The number of hydrogen-bond acceptors (Lipinski definition) is 2. The second-order valence-corrected chi connectivity index (χ2v) is 13.7. The molecule has 12 rings (SSSR count). The van der Waals surface area contributed by atoms with Crippen LogP contribution in [0.3, 0.4) is 0 Å². The van der Waals surface area contributed by atoms with E-state index in [4.69, 9.17) is 8.83 Å². The van der Waals surface area contributed by atoms with Crippen molar-refractivity contribution in [2.75, 3.05) is 0 Å². The Hall–Kier alpha value is -7.04. The summed E-state index contributed by atoms with van der Waals surface area (Å²) in [5.74, 6) is 0. The lowest BCUT2D eigenvalue weighted by atomic mass is 10.00. The van der Waals surface area contributed by atoms with Crippen molar-refractivity contribution in [3.63, 3.8) is 0 Å². The van der Waals surface area contributed by atoms with Crippen molar-refractivity contribution in [2.45, 2.75) is 0 Å². The first-order valence-electron chi connectivity index (χ1n) is 17.7. The van der Waals surface area contributed by atoms with Crippen molar-refractivity contribution in [1.29, 1.82) is 0 Å². The topological polar surface area (TPSA) is 36.1 Å². The van der Waals surface area contributed by atoms with Gasteiger partial charge in [-0.1, -0.05) is 84.9 Å². The molecule has 52 heavy (non-hydrogen) atoms. The van der Waals surface area contributed by atoms with Gasteiger partial charge in [-0.25, -0.2) is 0 Å². The van der Waals surface area contributed by atoms with E-state index in [2.05, 4.69) is 179 Å². The van der Waals surface area contributed by atoms with Crippen LogP contribution >= 0.6 is 0 Å². The van der Waals surface area contributed by atoms with Crippen LogP contribution in [0, 0.1) is 0 Å². The molecule has 242 valence electrons. The van der Waals surface area contributed by atoms with E-state index in [1.54, 1.807) is 0 Å². The summed E-state index contributed by atoms with van der Waals surface area (Å²) in [6.07, 6.45) is 0. The van der Waals surface area contributed by atoms with Crippen LogP contribution in [0.15, 0.2) is 179 Å². The van der Waals surface area contributed by atoms with Crippen LogP contribution in [-0.4, -0.2) is 9.13 Å². The van der Waals surface area contributed by atoms with Gasteiger partial charge < -0.3 is 18.0 Å². The summed E-state index contributed by atoms with van der Waals surface area (Å²) >= 11 is 0. The fraction of sp³-hybridized carbons (Fsp3) is 0. The molecule has 0 aliphatic carbocycles. The molecule has 4 heterocycles. The van der Waals surface area contributed by atoms with Crippen molar-refractivity contribution in [1.82, 2.24) is 9.13 Å². The quantitative estimate of drug-likeness (QED) is 0.188. The lowest BCUT2D eigenvalue weighted by Gasteiger charge is -2.08. The second kappa shape index (κ2) is 10.3. The predicted molar refractivity (Wildman–Crippen MR) is 215 cm³/mol. The zero-order chi connectivity index (χ0) is 33.9. The molecular weight excluding hydrogens is 637 g/mol. The Balaban J connectivity index is 1.01. The predicted octanol–water partition coefficient (Wildman–Crippen LogP) is 13.3. The van der Waals surface area contributed by atoms with E-state index in [1.165, 1.54) is 49.2 Å². The van der Waals surface area contributed by atoms with Gasteiger partial charge in [0.15, 0.2) is 0 Å². The van der Waals surface area contributed by atoms with Crippen LogP contribution in [0.2, 0.25) is 0 Å². The molecule has 0 saturated heterocycles. The molecule has 0 N–H and O–H groups in total. The molecule has 0 fully saturated rings. The summed E-state index contributed by atoms with van der Waals surface area (Å²) in [5.41, 5.74) is 12.7. The molecule has 4 heteroatoms. The molecular formula is C48H28N2O2. The minimum absolute atomic E-state index is 0.821. The SMILES string of the molecule is c1ccc(-n2c3ccccc3c3cc(-c4ccc5oc6cc7oc8cc(-n9c%10ccccc%10c%10ccccc%109)ccc8c7cc6c5c4)ccc32)cc1. The summed E-state index contributed by atoms with van der Waals surface area (Å²) in [5, 5.41) is 9.32. The van der Waals surface area contributed by atoms with Crippen molar-refractivity contribution in [3.8, 4) is 22.5 Å². The smallest absolute Gasteiger partial charge is 0.139 e. The van der Waals surface area contributed by atoms with Gasteiger partial charge in [-0.2, -0.15) is 0 Å². The zero-order valence-electron chi connectivity index (χ0n) is 27.9. The molecule has 0 spiro atoms. The first-order valence-corrected chi connectivity index (χ1v) is 17.7. The standard InChI is InChI=1S/C48H28N2O2/c1-2-10-31(11-3-1)49-43-17-9-6-14-35(43)37-24-29(18-22-44(37)49)30-19-23-45-38(25-30)40-27-39-36-21-20-32(26-46(36)52-47(39)28-48(40)51-45)50-41-15-7-4-12-33(41)34-13-5-8-16-42(34)50/h1-28H. The van der Waals surface area contributed by atoms with E-state index in [0.29, 0.717) is 0 Å². The Kier molecular flexibility index (Phi) is 5.47. The molecule has 0 saturated carbocycles. The van der Waals surface area contributed by atoms with E-state index >= 15 is 0 Å². The average molecular weight is 665 g/mol. The third-order valence-corrected chi connectivity index (χ3v) is 10.9. The number of para-hydroxylation sites is 4. The first kappa shape index (κ1) is 27.7. The zero-order valence-corrected chi connectivity index (χ0v) is 27.9. The summed E-state index contributed by atoms with van der Waals surface area (Å²) in [7, 11) is 0. The molecule has 8 aromatic carbocycles. The minimum atomic E-state index is 0.821. The highest BCUT2D eigenvalue weighted by Crippen LogP contribution is 2.41. The van der Waals surface area contributed by atoms with Gasteiger partial charge in [0, 0.05) is 66.6 Å². The maximum atomic E-state index is 6.55. The number of aromatic nitrogens is 2. The molecule has 4 aromatic heterocycles. The van der Waals surface area contributed by atoms with Crippen molar-refractivity contribution < 1.29 is 8.83 Å². The van der Waals surface area contributed by atoms with E-state index in [1.807, 2.05) is 0 Å². The Morgan fingerprint density at radius 1 is 0.269 bits per heavy atom. The van der Waals surface area contributed by atoms with Gasteiger partial charge in [-0.3, -0.25) is 0 Å². The molecule has 0 aliphatic rings. The Morgan fingerprint density at radius 2 is 0.769 bits per heavy atom. The number of fused-ring (bicyclic) bond motifs is 12. The van der Waals surface area contributed by atoms with Gasteiger partial charge >= 0.3 is 0 Å². The highest BCUT2D eigenvalue weighted by Gasteiger charge is 2.18. The summed E-state index contributed by atoms with van der Waals surface area (Å²) in [6, 6.07) is 60.7. The molecule has 12 aromatic rings. The molecule has 0 unspecified atom stereocenters. The van der Waals surface area contributed by atoms with E-state index in [-0.39, 0.29) is 0 Å². The molecule has 4 nitrogen and oxygen atoms in total. The Bertz CT molecular complexity index is 3360. The summed E-state index contributed by atoms with van der Waals surface area (Å²) in [6.45, 7) is 0. The van der Waals surface area contributed by atoms with Crippen molar-refractivity contribution in [2.24, 2.45) is 0 Å². The van der Waals surface area contributed by atoms with Gasteiger partial charge in [0.05, 0.1) is 22.1 Å². The van der Waals surface area contributed by atoms with Gasteiger partial charge in [0.25, 0.3) is 0 Å². The normalized spacial score (nSPS) is 12.2. The second-order valence-electron chi connectivity index (χ2n) is 13.7. The molecule has 0 aliphatic heterocycles. The monoisotopic (exact) mass is 664 g/mol. The average Bonchev–Trinajstić information content (AvgIpc) is 3.93. The molecule has 0 radical (unpaired) electrons. The highest BCUT2D eigenvalue weighted by molar-refractivity contribution is 6.17. The molecule has 0 amide bonds. The number of rotatable bonds is 3. The minimum Gasteiger partial charge on any atom is -0.456 e. The largest absolute Gasteiger partial charge is 0.456 e. The fourth-order valence-electron chi connectivity index (χ4n) is 8.56. The van der Waals surface area contributed by atoms with E-state index in [0.717, 1.165) is 60.8 Å². The van der Waals surface area contributed by atoms with Gasteiger partial charge in [-0.05, 0) is 83.9 Å². The van der Waals surface area contributed by atoms with Crippen LogP contribution in [0.5, 0.6) is 0 Å². The first-order chi connectivity index (χ1) is 25.8. The third-order valence-electron chi connectivity index (χ3n) is 10.9. The van der Waals surface area contributed by atoms with E-state index in [9.17, 15) is 0 Å². The van der Waals surface area contributed by atoms with Crippen LogP contribution in [0.25, 0.3) is 110 Å². The number of furan rings is 2. The van der Waals surface area contributed by atoms with Crippen LogP contribution < -0.4 is 0 Å². The van der Waals surface area contributed by atoms with Gasteiger partial charge in [0.1, 0.15) is 22.3 Å². The molecule has 0 atom stereocenters. The number of benzene rings is 8. The third kappa shape index (κ3) is 3.81. The lowest BCUT2D eigenvalue weighted by molar-refractivity contribution is 0.656. The van der Waals surface area contributed by atoms with Crippen LogP contribution in [0.1, 0.15) is 0 Å². The number of hydrogen-bond donors (Lipinski definition) is 0. The highest BCUT2D eigenvalue weighted by atomic mass is 16.3. The van der Waals surface area contributed by atoms with E-state index < -0.39 is 0 Å². The van der Waals surface area contributed by atoms with Crippen LogP contribution in [0.4, 0.5) is 0 Å². The lowest BCUT2D eigenvalue weighted by Crippen LogP contribution is -1.93. The number of nitrogens with zero attached hydrogens (tertiary/aromatic N) is 2. The van der Waals surface area contributed by atoms with Crippen molar-refractivity contribution >= 4 is 87.5 Å². The Labute approximate surface area is 296 Å². The Morgan fingerprint density at radius 3 is 1.48 bits per heavy atom. The molecule has 0 bridgehead atoms.